The first-order chi connectivity index (χ1) is 16.0. The van der Waals surface area contributed by atoms with Crippen LogP contribution in [0.15, 0.2) is 55.0 Å². The molecule has 4 rings (SSSR count). The Kier molecular flexibility index (Phi) is 5.85. The van der Waals surface area contributed by atoms with Gasteiger partial charge >= 0.3 is 12.4 Å². The van der Waals surface area contributed by atoms with E-state index in [-0.39, 0.29) is 29.0 Å². The first-order valence-corrected chi connectivity index (χ1v) is 9.53. The maximum Gasteiger partial charge on any atom is 0.433 e. The third kappa shape index (κ3) is 5.08. The molecule has 174 valence electrons. The number of halogens is 6. The van der Waals surface area contributed by atoms with E-state index >= 15 is 0 Å². The second-order valence-electron chi connectivity index (χ2n) is 6.96. The Morgan fingerprint density at radius 1 is 0.765 bits per heavy atom. The summed E-state index contributed by atoms with van der Waals surface area (Å²) in [6.45, 7) is 1.74. The summed E-state index contributed by atoms with van der Waals surface area (Å²) in [5, 5.41) is 2.63. The average Bonchev–Trinajstić information content (AvgIpc) is 2.78. The number of pyridine rings is 3. The molecule has 0 spiro atoms. The van der Waals surface area contributed by atoms with Crippen LogP contribution in [0.1, 0.15) is 17.0 Å². The predicted octanol–water partition coefficient (Wildman–Crippen LogP) is 5.48. The number of rotatable bonds is 4. The Labute approximate surface area is 188 Å². The second-order valence-corrected chi connectivity index (χ2v) is 6.96. The Balaban J connectivity index is 1.83. The molecule has 0 saturated heterocycles. The Hall–Kier alpha value is -4.16. The maximum atomic E-state index is 13.1. The molecule has 7 nitrogen and oxygen atoms in total. The van der Waals surface area contributed by atoms with E-state index in [1.165, 1.54) is 24.5 Å². The lowest BCUT2D eigenvalue weighted by atomic mass is 10.1. The van der Waals surface area contributed by atoms with Crippen molar-refractivity contribution in [3.8, 4) is 22.9 Å². The van der Waals surface area contributed by atoms with E-state index < -0.39 is 23.7 Å². The van der Waals surface area contributed by atoms with Crippen LogP contribution in [0.5, 0.6) is 0 Å². The van der Waals surface area contributed by atoms with Gasteiger partial charge < -0.3 is 5.32 Å². The lowest BCUT2D eigenvalue weighted by Gasteiger charge is -2.12. The largest absolute Gasteiger partial charge is 0.433 e. The van der Waals surface area contributed by atoms with Crippen molar-refractivity contribution in [3.63, 3.8) is 0 Å². The van der Waals surface area contributed by atoms with Crippen LogP contribution >= 0.6 is 0 Å². The standard InChI is InChI=1S/C21H13F6N7/c1-11-5-7-28-10-13(11)17-32-18(14-3-2-4-15(31-14)20(22,23)24)34-19(33-17)30-12-6-8-29-16(9-12)21(25,26)27/h2-10H,1H3,(H,29,30,32,33,34). The molecule has 34 heavy (non-hydrogen) atoms. The van der Waals surface area contributed by atoms with Crippen molar-refractivity contribution in [1.82, 2.24) is 29.9 Å². The Morgan fingerprint density at radius 3 is 2.21 bits per heavy atom. The summed E-state index contributed by atoms with van der Waals surface area (Å²) in [5.41, 5.74) is -1.37. The summed E-state index contributed by atoms with van der Waals surface area (Å²) in [5.74, 6) is -0.379. The minimum Gasteiger partial charge on any atom is -0.324 e. The number of alkyl halides is 6. The van der Waals surface area contributed by atoms with Crippen molar-refractivity contribution in [2.45, 2.75) is 19.3 Å². The van der Waals surface area contributed by atoms with Gasteiger partial charge in [0.25, 0.3) is 0 Å². The van der Waals surface area contributed by atoms with Gasteiger partial charge in [-0.3, -0.25) is 9.97 Å². The second kappa shape index (κ2) is 8.65. The van der Waals surface area contributed by atoms with Crippen LogP contribution in [-0.4, -0.2) is 29.9 Å². The highest BCUT2D eigenvalue weighted by atomic mass is 19.4. The predicted molar refractivity (Wildman–Crippen MR) is 109 cm³/mol. The topological polar surface area (TPSA) is 89.4 Å². The number of aromatic nitrogens is 6. The molecule has 0 amide bonds. The molecule has 0 fully saturated rings. The summed E-state index contributed by atoms with van der Waals surface area (Å²) in [6, 6.07) is 6.91. The van der Waals surface area contributed by atoms with Gasteiger partial charge in [0, 0.05) is 29.8 Å². The minimum absolute atomic E-state index is 0.0367. The van der Waals surface area contributed by atoms with Gasteiger partial charge in [-0.1, -0.05) is 6.07 Å². The van der Waals surface area contributed by atoms with Crippen LogP contribution in [0.3, 0.4) is 0 Å². The van der Waals surface area contributed by atoms with Gasteiger partial charge in [0.1, 0.15) is 17.1 Å². The molecule has 4 heterocycles. The van der Waals surface area contributed by atoms with Crippen molar-refractivity contribution in [3.05, 3.63) is 71.9 Å². The number of nitrogens with one attached hydrogen (secondary N) is 1. The fourth-order valence-electron chi connectivity index (χ4n) is 2.87. The molecule has 0 saturated carbocycles. The number of nitrogens with zero attached hydrogens (tertiary/aromatic N) is 6. The maximum absolute atomic E-state index is 13.1. The van der Waals surface area contributed by atoms with Crippen molar-refractivity contribution in [2.75, 3.05) is 5.32 Å². The number of hydrogen-bond acceptors (Lipinski definition) is 7. The van der Waals surface area contributed by atoms with E-state index in [9.17, 15) is 26.3 Å². The van der Waals surface area contributed by atoms with Crippen molar-refractivity contribution in [2.24, 2.45) is 0 Å². The van der Waals surface area contributed by atoms with Crippen molar-refractivity contribution in [1.29, 1.82) is 0 Å². The fourth-order valence-corrected chi connectivity index (χ4v) is 2.87. The van der Waals surface area contributed by atoms with Crippen molar-refractivity contribution < 1.29 is 26.3 Å². The zero-order chi connectivity index (χ0) is 24.5. The van der Waals surface area contributed by atoms with Gasteiger partial charge in [0.15, 0.2) is 11.6 Å². The SMILES string of the molecule is Cc1ccncc1-c1nc(Nc2ccnc(C(F)(F)F)c2)nc(-c2cccc(C(F)(F)F)n2)n1. The fraction of sp³-hybridized carbons (Fsp3) is 0.143. The van der Waals surface area contributed by atoms with E-state index in [1.54, 1.807) is 13.0 Å². The van der Waals surface area contributed by atoms with Gasteiger partial charge in [0.05, 0.1) is 0 Å². The van der Waals surface area contributed by atoms with Gasteiger partial charge in [-0.15, -0.1) is 0 Å². The zero-order valence-corrected chi connectivity index (χ0v) is 17.1. The zero-order valence-electron chi connectivity index (χ0n) is 17.1. The molecule has 1 N–H and O–H groups in total. The molecule has 4 aromatic heterocycles. The van der Waals surface area contributed by atoms with Crippen molar-refractivity contribution >= 4 is 11.6 Å². The number of hydrogen-bond donors (Lipinski definition) is 1. The number of anilines is 2. The quantitative estimate of drug-likeness (QED) is 0.390. The highest BCUT2D eigenvalue weighted by Crippen LogP contribution is 2.31. The van der Waals surface area contributed by atoms with Gasteiger partial charge in [-0.2, -0.15) is 36.3 Å². The molecular formula is C21H13F6N7. The van der Waals surface area contributed by atoms with Crippen LogP contribution in [0.25, 0.3) is 22.9 Å². The van der Waals surface area contributed by atoms with Gasteiger partial charge in [0.2, 0.25) is 5.95 Å². The molecule has 0 aliphatic carbocycles. The molecule has 13 heteroatoms. The van der Waals surface area contributed by atoms with E-state index in [0.29, 0.717) is 11.1 Å². The Morgan fingerprint density at radius 2 is 1.50 bits per heavy atom. The van der Waals surface area contributed by atoms with Crippen LogP contribution in [0.4, 0.5) is 38.0 Å². The summed E-state index contributed by atoms with van der Waals surface area (Å²) >= 11 is 0. The van der Waals surface area contributed by atoms with Crippen LogP contribution in [-0.2, 0) is 12.4 Å². The molecular weight excluding hydrogens is 464 g/mol. The molecule has 0 bridgehead atoms. The lowest BCUT2D eigenvalue weighted by Crippen LogP contribution is -2.10. The third-order valence-corrected chi connectivity index (χ3v) is 4.49. The van der Waals surface area contributed by atoms with E-state index in [0.717, 1.165) is 24.4 Å². The highest BCUT2D eigenvalue weighted by molar-refractivity contribution is 5.65. The molecule has 0 unspecified atom stereocenters. The van der Waals surface area contributed by atoms with E-state index in [2.05, 4.69) is 35.2 Å². The molecule has 4 aromatic rings. The monoisotopic (exact) mass is 477 g/mol. The third-order valence-electron chi connectivity index (χ3n) is 4.49. The smallest absolute Gasteiger partial charge is 0.324 e. The lowest BCUT2D eigenvalue weighted by molar-refractivity contribution is -0.141. The molecule has 0 atom stereocenters. The van der Waals surface area contributed by atoms with Crippen LogP contribution < -0.4 is 5.32 Å². The first kappa shape index (κ1) is 23.0. The van der Waals surface area contributed by atoms with Crippen LogP contribution in [0.2, 0.25) is 0 Å². The minimum atomic E-state index is -4.70. The molecule has 0 radical (unpaired) electrons. The summed E-state index contributed by atoms with van der Waals surface area (Å²) < 4.78 is 78.5. The molecule has 0 aliphatic heterocycles. The summed E-state index contributed by atoms with van der Waals surface area (Å²) in [7, 11) is 0. The normalized spacial score (nSPS) is 12.0. The average molecular weight is 477 g/mol. The Bertz CT molecular complexity index is 1340. The van der Waals surface area contributed by atoms with E-state index in [1.807, 2.05) is 0 Å². The van der Waals surface area contributed by atoms with E-state index in [4.69, 9.17) is 0 Å². The summed E-state index contributed by atoms with van der Waals surface area (Å²) in [6.07, 6.45) is -5.44. The molecule has 0 aliphatic rings. The highest BCUT2D eigenvalue weighted by Gasteiger charge is 2.33. The van der Waals surface area contributed by atoms with Gasteiger partial charge in [-0.05, 0) is 42.8 Å². The summed E-state index contributed by atoms with van der Waals surface area (Å²) in [4.78, 5) is 23.4. The van der Waals surface area contributed by atoms with Crippen LogP contribution in [0, 0.1) is 6.92 Å². The molecule has 0 aromatic carbocycles. The number of aryl methyl sites for hydroxylation is 1. The van der Waals surface area contributed by atoms with Gasteiger partial charge in [-0.25, -0.2) is 9.97 Å². The first-order valence-electron chi connectivity index (χ1n) is 9.53.